The Labute approximate surface area is 105 Å². The lowest BCUT2D eigenvalue weighted by molar-refractivity contribution is 0.458. The molecule has 1 nitrogen and oxygen atoms in total. The fourth-order valence-electron chi connectivity index (χ4n) is 2.29. The van der Waals surface area contributed by atoms with Crippen molar-refractivity contribution in [1.29, 1.82) is 0 Å². The second-order valence-corrected chi connectivity index (χ2v) is 4.86. The summed E-state index contributed by atoms with van der Waals surface area (Å²) in [4.78, 5) is 0. The highest BCUT2D eigenvalue weighted by atomic mass is 16.3. The Kier molecular flexibility index (Phi) is 5.27. The smallest absolute Gasteiger partial charge is 0.122 e. The SMILES string of the molecule is C=CC(CCCCC)c1cc(C)cc(C)c1O. The highest BCUT2D eigenvalue weighted by Crippen LogP contribution is 2.33. The summed E-state index contributed by atoms with van der Waals surface area (Å²) >= 11 is 0. The van der Waals surface area contributed by atoms with Crippen LogP contribution in [-0.4, -0.2) is 5.11 Å². The van der Waals surface area contributed by atoms with Gasteiger partial charge in [0, 0.05) is 11.5 Å². The number of phenolic OH excluding ortho intramolecular Hbond substituents is 1. The Hall–Kier alpha value is -1.24. The van der Waals surface area contributed by atoms with Crippen LogP contribution in [0.5, 0.6) is 5.75 Å². The molecule has 0 fully saturated rings. The fourth-order valence-corrected chi connectivity index (χ4v) is 2.29. The fraction of sp³-hybridized carbons (Fsp3) is 0.500. The normalized spacial score (nSPS) is 12.4. The van der Waals surface area contributed by atoms with E-state index in [2.05, 4.69) is 26.5 Å². The molecule has 0 aromatic heterocycles. The Morgan fingerprint density at radius 1 is 1.29 bits per heavy atom. The molecule has 1 aromatic rings. The number of aryl methyl sites for hydroxylation is 2. The minimum Gasteiger partial charge on any atom is -0.507 e. The number of benzene rings is 1. The molecule has 1 unspecified atom stereocenters. The number of rotatable bonds is 6. The monoisotopic (exact) mass is 232 g/mol. The number of hydrogen-bond acceptors (Lipinski definition) is 1. The van der Waals surface area contributed by atoms with Crippen molar-refractivity contribution in [3.63, 3.8) is 0 Å². The number of allylic oxidation sites excluding steroid dienone is 1. The summed E-state index contributed by atoms with van der Waals surface area (Å²) in [6.07, 6.45) is 6.70. The van der Waals surface area contributed by atoms with E-state index in [9.17, 15) is 5.11 Å². The Bertz CT molecular complexity index is 379. The molecule has 0 amide bonds. The molecule has 94 valence electrons. The van der Waals surface area contributed by atoms with Crippen molar-refractivity contribution < 1.29 is 5.11 Å². The molecule has 0 aliphatic rings. The maximum absolute atomic E-state index is 10.1. The van der Waals surface area contributed by atoms with Crippen molar-refractivity contribution in [2.75, 3.05) is 0 Å². The molecular weight excluding hydrogens is 208 g/mol. The predicted octanol–water partition coefficient (Wildman–Crippen LogP) is 4.86. The predicted molar refractivity (Wildman–Crippen MR) is 74.7 cm³/mol. The third-order valence-corrected chi connectivity index (χ3v) is 3.28. The van der Waals surface area contributed by atoms with E-state index in [1.54, 1.807) is 0 Å². The lowest BCUT2D eigenvalue weighted by Gasteiger charge is -2.16. The van der Waals surface area contributed by atoms with Crippen LogP contribution in [0.4, 0.5) is 0 Å². The van der Waals surface area contributed by atoms with E-state index >= 15 is 0 Å². The molecule has 0 saturated carbocycles. The molecule has 0 bridgehead atoms. The van der Waals surface area contributed by atoms with Crippen molar-refractivity contribution in [3.8, 4) is 5.75 Å². The minimum absolute atomic E-state index is 0.278. The Balaban J connectivity index is 2.91. The largest absolute Gasteiger partial charge is 0.507 e. The molecule has 0 radical (unpaired) electrons. The second-order valence-electron chi connectivity index (χ2n) is 4.86. The molecule has 1 N–H and O–H groups in total. The van der Waals surface area contributed by atoms with Gasteiger partial charge in [0.15, 0.2) is 0 Å². The van der Waals surface area contributed by atoms with Crippen LogP contribution in [0.25, 0.3) is 0 Å². The summed E-state index contributed by atoms with van der Waals surface area (Å²) < 4.78 is 0. The van der Waals surface area contributed by atoms with Gasteiger partial charge >= 0.3 is 0 Å². The van der Waals surface area contributed by atoms with Gasteiger partial charge in [0.1, 0.15) is 5.75 Å². The van der Waals surface area contributed by atoms with E-state index < -0.39 is 0 Å². The number of aromatic hydroxyl groups is 1. The van der Waals surface area contributed by atoms with Crippen LogP contribution < -0.4 is 0 Å². The summed E-state index contributed by atoms with van der Waals surface area (Å²) in [6.45, 7) is 10.1. The van der Waals surface area contributed by atoms with Crippen molar-refractivity contribution in [1.82, 2.24) is 0 Å². The van der Waals surface area contributed by atoms with Gasteiger partial charge in [-0.15, -0.1) is 6.58 Å². The molecule has 0 heterocycles. The maximum Gasteiger partial charge on any atom is 0.122 e. The first-order valence-corrected chi connectivity index (χ1v) is 6.52. The van der Waals surface area contributed by atoms with E-state index in [0.29, 0.717) is 5.75 Å². The van der Waals surface area contributed by atoms with Crippen LogP contribution in [0.1, 0.15) is 55.2 Å². The molecule has 0 saturated heterocycles. The molecule has 1 atom stereocenters. The standard InChI is InChI=1S/C16H24O/c1-5-7-8-9-14(6-2)15-11-12(3)10-13(4)16(15)17/h6,10-11,14,17H,2,5,7-9H2,1,3-4H3. The average molecular weight is 232 g/mol. The van der Waals surface area contributed by atoms with Gasteiger partial charge in [-0.25, -0.2) is 0 Å². The molecule has 0 spiro atoms. The zero-order chi connectivity index (χ0) is 12.8. The summed E-state index contributed by atoms with van der Waals surface area (Å²) in [7, 11) is 0. The van der Waals surface area contributed by atoms with Crippen LogP contribution in [0.3, 0.4) is 0 Å². The first-order chi connectivity index (χ1) is 8.10. The zero-order valence-electron chi connectivity index (χ0n) is 11.3. The van der Waals surface area contributed by atoms with Crippen LogP contribution in [0, 0.1) is 13.8 Å². The van der Waals surface area contributed by atoms with Gasteiger partial charge in [0.25, 0.3) is 0 Å². The lowest BCUT2D eigenvalue weighted by atomic mass is 9.90. The van der Waals surface area contributed by atoms with Gasteiger partial charge < -0.3 is 5.11 Å². The van der Waals surface area contributed by atoms with Gasteiger partial charge in [-0.2, -0.15) is 0 Å². The Morgan fingerprint density at radius 3 is 2.59 bits per heavy atom. The van der Waals surface area contributed by atoms with Crippen molar-refractivity contribution in [3.05, 3.63) is 41.5 Å². The topological polar surface area (TPSA) is 20.2 Å². The second kappa shape index (κ2) is 6.48. The van der Waals surface area contributed by atoms with E-state index in [0.717, 1.165) is 17.5 Å². The number of hydrogen-bond donors (Lipinski definition) is 1. The molecule has 1 rings (SSSR count). The Morgan fingerprint density at radius 2 is 2.00 bits per heavy atom. The molecule has 1 aromatic carbocycles. The quantitative estimate of drug-likeness (QED) is 0.548. The third kappa shape index (κ3) is 3.62. The summed E-state index contributed by atoms with van der Waals surface area (Å²) in [6, 6.07) is 4.10. The molecule has 0 aliphatic carbocycles. The van der Waals surface area contributed by atoms with Crippen molar-refractivity contribution in [2.45, 2.75) is 52.4 Å². The molecular formula is C16H24O. The van der Waals surface area contributed by atoms with Crippen molar-refractivity contribution >= 4 is 0 Å². The van der Waals surface area contributed by atoms with Crippen LogP contribution in [0.2, 0.25) is 0 Å². The first-order valence-electron chi connectivity index (χ1n) is 6.52. The van der Waals surface area contributed by atoms with E-state index in [1.807, 2.05) is 19.1 Å². The zero-order valence-corrected chi connectivity index (χ0v) is 11.3. The summed E-state index contributed by atoms with van der Waals surface area (Å²) in [5, 5.41) is 10.1. The van der Waals surface area contributed by atoms with Crippen molar-refractivity contribution in [2.24, 2.45) is 0 Å². The van der Waals surface area contributed by atoms with Crippen LogP contribution >= 0.6 is 0 Å². The van der Waals surface area contributed by atoms with Crippen LogP contribution in [-0.2, 0) is 0 Å². The van der Waals surface area contributed by atoms with Gasteiger partial charge in [0.2, 0.25) is 0 Å². The summed E-state index contributed by atoms with van der Waals surface area (Å²) in [5.74, 6) is 0.720. The first kappa shape index (κ1) is 13.8. The maximum atomic E-state index is 10.1. The minimum atomic E-state index is 0.278. The van der Waals surface area contributed by atoms with Gasteiger partial charge in [-0.05, 0) is 25.8 Å². The van der Waals surface area contributed by atoms with Crippen LogP contribution in [0.15, 0.2) is 24.8 Å². The highest BCUT2D eigenvalue weighted by Gasteiger charge is 2.13. The molecule has 17 heavy (non-hydrogen) atoms. The number of phenols is 1. The van der Waals surface area contributed by atoms with Gasteiger partial charge in [-0.3, -0.25) is 0 Å². The lowest BCUT2D eigenvalue weighted by Crippen LogP contribution is -1.98. The average Bonchev–Trinajstić information content (AvgIpc) is 2.30. The highest BCUT2D eigenvalue weighted by molar-refractivity contribution is 5.45. The third-order valence-electron chi connectivity index (χ3n) is 3.28. The van der Waals surface area contributed by atoms with E-state index in [1.165, 1.54) is 24.8 Å². The van der Waals surface area contributed by atoms with E-state index in [-0.39, 0.29) is 5.92 Å². The van der Waals surface area contributed by atoms with E-state index in [4.69, 9.17) is 0 Å². The number of unbranched alkanes of at least 4 members (excludes halogenated alkanes) is 2. The van der Waals surface area contributed by atoms with Gasteiger partial charge in [0.05, 0.1) is 0 Å². The molecule has 0 aliphatic heterocycles. The molecule has 1 heteroatoms. The van der Waals surface area contributed by atoms with Gasteiger partial charge in [-0.1, -0.05) is 50.0 Å². The summed E-state index contributed by atoms with van der Waals surface area (Å²) in [5.41, 5.74) is 3.20.